The second-order valence-electron chi connectivity index (χ2n) is 11.0. The lowest BCUT2D eigenvalue weighted by molar-refractivity contribution is -0.137. The van der Waals surface area contributed by atoms with Crippen LogP contribution in [0.5, 0.6) is 0 Å². The van der Waals surface area contributed by atoms with Gasteiger partial charge in [-0.3, -0.25) is 22.9 Å². The molecule has 2 aromatic rings. The summed E-state index contributed by atoms with van der Waals surface area (Å²) in [7, 11) is 0. The fourth-order valence-corrected chi connectivity index (χ4v) is 5.69. The largest absolute Gasteiger partial charge is 0.416 e. The molecule has 39 heavy (non-hydrogen) atoms. The maximum Gasteiger partial charge on any atom is 0.416 e. The van der Waals surface area contributed by atoms with Gasteiger partial charge in [0.15, 0.2) is 0 Å². The zero-order valence-electron chi connectivity index (χ0n) is 21.9. The van der Waals surface area contributed by atoms with Crippen LogP contribution < -0.4 is 37.6 Å². The molecule has 0 aliphatic carbocycles. The molecule has 0 saturated carbocycles. The van der Waals surface area contributed by atoms with Crippen molar-refractivity contribution in [3.05, 3.63) is 35.4 Å². The minimum atomic E-state index is -4.49. The molecule has 3 aliphatic heterocycles. The molecule has 3 aliphatic rings. The first-order chi connectivity index (χ1) is 18.3. The highest BCUT2D eigenvalue weighted by Gasteiger charge is 2.40. The van der Waals surface area contributed by atoms with Gasteiger partial charge < -0.3 is 19.8 Å². The molecule has 3 fully saturated rings. The van der Waals surface area contributed by atoms with Crippen molar-refractivity contribution in [2.45, 2.75) is 74.7 Å². The minimum Gasteiger partial charge on any atom is -0.385 e. The second kappa shape index (κ2) is 10.0. The van der Waals surface area contributed by atoms with E-state index in [1.54, 1.807) is 9.80 Å². The van der Waals surface area contributed by atoms with Crippen LogP contribution in [0.15, 0.2) is 24.3 Å². The summed E-state index contributed by atoms with van der Waals surface area (Å²) in [6.07, 6.45) is 0.544. The molecule has 0 spiro atoms. The molecule has 1 aromatic carbocycles. The maximum absolute atomic E-state index is 13.3. The fraction of sp³-hybridized carbons (Fsp3) is 0.640. The Morgan fingerprint density at radius 2 is 1.23 bits per heavy atom. The second-order valence-corrected chi connectivity index (χ2v) is 11.0. The fourth-order valence-electron chi connectivity index (χ4n) is 5.69. The summed E-state index contributed by atoms with van der Waals surface area (Å²) in [4.78, 5) is 19.6. The molecule has 4 heterocycles. The van der Waals surface area contributed by atoms with Crippen LogP contribution in [0.25, 0.3) is 0 Å². The number of piperidine rings is 3. The van der Waals surface area contributed by atoms with Gasteiger partial charge in [-0.2, -0.15) is 28.1 Å². The van der Waals surface area contributed by atoms with Gasteiger partial charge in [0, 0.05) is 26.2 Å². The number of benzene rings is 1. The number of aromatic nitrogens is 3. The first-order valence-corrected chi connectivity index (χ1v) is 13.4. The summed E-state index contributed by atoms with van der Waals surface area (Å²) in [6.45, 7) is 1.76. The SMILES string of the molecule is NC1(N)CCCCN1c1nc(N2CCC(O)(c3cccc(C(F)(F)F)c3)CC2)nc(N2CCCCC2(N)N)n1. The lowest BCUT2D eigenvalue weighted by atomic mass is 9.84. The Labute approximate surface area is 225 Å². The molecular formula is C25H37F3N10O. The van der Waals surface area contributed by atoms with E-state index in [1.807, 2.05) is 4.90 Å². The zero-order chi connectivity index (χ0) is 28.1. The summed E-state index contributed by atoms with van der Waals surface area (Å²) >= 11 is 0. The van der Waals surface area contributed by atoms with Gasteiger partial charge in [0.1, 0.15) is 11.6 Å². The van der Waals surface area contributed by atoms with Gasteiger partial charge in [-0.1, -0.05) is 12.1 Å². The van der Waals surface area contributed by atoms with Crippen LogP contribution in [0.1, 0.15) is 62.5 Å². The van der Waals surface area contributed by atoms with Gasteiger partial charge in [0.25, 0.3) is 0 Å². The monoisotopic (exact) mass is 550 g/mol. The van der Waals surface area contributed by atoms with Crippen LogP contribution in [-0.2, 0) is 11.8 Å². The number of alkyl halides is 3. The Hall–Kier alpha value is -2.78. The third kappa shape index (κ3) is 5.61. The molecule has 11 nitrogen and oxygen atoms in total. The van der Waals surface area contributed by atoms with Crippen molar-refractivity contribution in [2.24, 2.45) is 22.9 Å². The average molecular weight is 551 g/mol. The Kier molecular flexibility index (Phi) is 7.12. The standard InChI is InChI=1S/C25H37F3N10O/c26-25(27,28)18-7-5-6-17(16-18)22(39)10-14-36(15-11-22)19-33-20(37-12-3-1-8-23(37,29)30)35-21(34-19)38-13-4-2-9-24(38,31)32/h5-7,16,39H,1-4,8-15,29-32H2. The molecule has 0 amide bonds. The van der Waals surface area contributed by atoms with Crippen molar-refractivity contribution < 1.29 is 18.3 Å². The van der Waals surface area contributed by atoms with Crippen molar-refractivity contribution >= 4 is 17.8 Å². The third-order valence-corrected chi connectivity index (χ3v) is 8.11. The molecular weight excluding hydrogens is 513 g/mol. The van der Waals surface area contributed by atoms with E-state index < -0.39 is 28.9 Å². The van der Waals surface area contributed by atoms with Crippen LogP contribution >= 0.6 is 0 Å². The highest BCUT2D eigenvalue weighted by Crippen LogP contribution is 2.38. The Morgan fingerprint density at radius 1 is 0.718 bits per heavy atom. The van der Waals surface area contributed by atoms with E-state index >= 15 is 0 Å². The van der Waals surface area contributed by atoms with Crippen LogP contribution in [0, 0.1) is 0 Å². The summed E-state index contributed by atoms with van der Waals surface area (Å²) in [5, 5.41) is 11.3. The van der Waals surface area contributed by atoms with Gasteiger partial charge in [0.05, 0.1) is 11.2 Å². The molecule has 9 N–H and O–H groups in total. The predicted molar refractivity (Wildman–Crippen MR) is 141 cm³/mol. The van der Waals surface area contributed by atoms with E-state index in [0.717, 1.165) is 37.8 Å². The summed E-state index contributed by atoms with van der Waals surface area (Å²) in [6, 6.07) is 4.87. The molecule has 3 saturated heterocycles. The predicted octanol–water partition coefficient (Wildman–Crippen LogP) is 1.50. The van der Waals surface area contributed by atoms with Crippen molar-refractivity contribution in [1.82, 2.24) is 15.0 Å². The smallest absolute Gasteiger partial charge is 0.385 e. The number of nitrogens with two attached hydrogens (primary N) is 4. The molecule has 1 aromatic heterocycles. The number of halogens is 3. The molecule has 0 unspecified atom stereocenters. The number of anilines is 3. The normalized spacial score (nSPS) is 23.1. The number of aliphatic hydroxyl groups is 1. The van der Waals surface area contributed by atoms with E-state index in [-0.39, 0.29) is 18.4 Å². The Balaban J connectivity index is 1.45. The maximum atomic E-state index is 13.3. The highest BCUT2D eigenvalue weighted by molar-refractivity contribution is 5.50. The highest BCUT2D eigenvalue weighted by atomic mass is 19.4. The van der Waals surface area contributed by atoms with E-state index in [9.17, 15) is 18.3 Å². The van der Waals surface area contributed by atoms with Crippen molar-refractivity contribution in [1.29, 1.82) is 0 Å². The van der Waals surface area contributed by atoms with Gasteiger partial charge >= 0.3 is 6.18 Å². The summed E-state index contributed by atoms with van der Waals surface area (Å²) < 4.78 is 39.8. The molecule has 0 bridgehead atoms. The number of rotatable bonds is 4. The lowest BCUT2D eigenvalue weighted by Crippen LogP contribution is -2.67. The van der Waals surface area contributed by atoms with Crippen molar-refractivity contribution in [3.8, 4) is 0 Å². The van der Waals surface area contributed by atoms with E-state index in [2.05, 4.69) is 0 Å². The first-order valence-electron chi connectivity index (χ1n) is 13.4. The van der Waals surface area contributed by atoms with Crippen LogP contribution in [-0.4, -0.2) is 57.8 Å². The van der Waals surface area contributed by atoms with Crippen molar-refractivity contribution in [2.75, 3.05) is 40.9 Å². The van der Waals surface area contributed by atoms with Crippen LogP contribution in [0.4, 0.5) is 31.0 Å². The van der Waals surface area contributed by atoms with Crippen LogP contribution in [0.2, 0.25) is 0 Å². The quantitative estimate of drug-likeness (QED) is 0.349. The Bertz CT molecular complexity index is 1140. The van der Waals surface area contributed by atoms with E-state index in [0.29, 0.717) is 56.9 Å². The average Bonchev–Trinajstić information content (AvgIpc) is 2.88. The Morgan fingerprint density at radius 3 is 1.72 bits per heavy atom. The van der Waals surface area contributed by atoms with Gasteiger partial charge in [-0.05, 0) is 69.1 Å². The molecule has 214 valence electrons. The third-order valence-electron chi connectivity index (χ3n) is 8.11. The summed E-state index contributed by atoms with van der Waals surface area (Å²) in [5.74, 6) is -1.28. The topological polar surface area (TPSA) is 173 Å². The molecule has 14 heteroatoms. The molecule has 0 radical (unpaired) electrons. The number of hydrogen-bond donors (Lipinski definition) is 5. The number of nitrogens with zero attached hydrogens (tertiary/aromatic N) is 6. The zero-order valence-corrected chi connectivity index (χ0v) is 21.9. The first kappa shape index (κ1) is 27.8. The van der Waals surface area contributed by atoms with E-state index in [4.69, 9.17) is 37.9 Å². The summed E-state index contributed by atoms with van der Waals surface area (Å²) in [5.41, 5.74) is 23.7. The van der Waals surface area contributed by atoms with Crippen molar-refractivity contribution in [3.63, 3.8) is 0 Å². The van der Waals surface area contributed by atoms with E-state index in [1.165, 1.54) is 12.1 Å². The minimum absolute atomic E-state index is 0.188. The van der Waals surface area contributed by atoms with Gasteiger partial charge in [0.2, 0.25) is 17.8 Å². The lowest BCUT2D eigenvalue weighted by Gasteiger charge is -2.44. The molecule has 5 rings (SSSR count). The van der Waals surface area contributed by atoms with Gasteiger partial charge in [-0.25, -0.2) is 0 Å². The van der Waals surface area contributed by atoms with Gasteiger partial charge in [-0.15, -0.1) is 0 Å². The van der Waals surface area contributed by atoms with Crippen LogP contribution in [0.3, 0.4) is 0 Å². The molecule has 0 atom stereocenters. The number of hydrogen-bond acceptors (Lipinski definition) is 11.